The van der Waals surface area contributed by atoms with Crippen molar-refractivity contribution in [3.8, 4) is 5.75 Å². The van der Waals surface area contributed by atoms with Gasteiger partial charge in [-0.3, -0.25) is 9.67 Å². The van der Waals surface area contributed by atoms with Crippen LogP contribution in [-0.4, -0.2) is 40.0 Å². The van der Waals surface area contributed by atoms with Crippen molar-refractivity contribution in [1.82, 2.24) is 20.4 Å². The zero-order chi connectivity index (χ0) is 19.1. The number of phenols is 1. The van der Waals surface area contributed by atoms with Crippen molar-refractivity contribution >= 4 is 29.9 Å². The Morgan fingerprint density at radius 2 is 2.07 bits per heavy atom. The number of guanidine groups is 1. The van der Waals surface area contributed by atoms with Crippen molar-refractivity contribution in [3.05, 3.63) is 46.8 Å². The average Bonchev–Trinajstić information content (AvgIpc) is 2.81. The number of nitrogens with zero attached hydrogens (tertiary/aromatic N) is 3. The van der Waals surface area contributed by atoms with Crippen molar-refractivity contribution in [1.29, 1.82) is 0 Å². The van der Waals surface area contributed by atoms with Crippen molar-refractivity contribution in [2.45, 2.75) is 46.6 Å². The first-order valence-corrected chi connectivity index (χ1v) is 9.22. The number of halogens is 1. The highest BCUT2D eigenvalue weighted by molar-refractivity contribution is 14.0. The second-order valence-electron chi connectivity index (χ2n) is 6.70. The van der Waals surface area contributed by atoms with E-state index in [2.05, 4.69) is 48.4 Å². The largest absolute Gasteiger partial charge is 0.508 e. The molecule has 0 aliphatic carbocycles. The first-order valence-electron chi connectivity index (χ1n) is 9.22. The molecular weight excluding hydrogens is 453 g/mol. The van der Waals surface area contributed by atoms with Crippen LogP contribution in [0.4, 0.5) is 0 Å². The molecule has 1 aromatic carbocycles. The molecule has 1 heterocycles. The highest BCUT2D eigenvalue weighted by atomic mass is 127. The molecule has 3 N–H and O–H groups in total. The molecule has 0 spiro atoms. The van der Waals surface area contributed by atoms with E-state index in [1.54, 1.807) is 12.1 Å². The summed E-state index contributed by atoms with van der Waals surface area (Å²) in [6.45, 7) is 9.87. The summed E-state index contributed by atoms with van der Waals surface area (Å²) in [7, 11) is 1.98. The standard InChI is InChI=1S/C20H31N5O.HI/c1-6-21-20(22-11-10-17-8-7-9-18(26)13-17)23-14(2)12-19-15(3)24-25(5)16(19)4;/h7-9,13-14,26H,6,10-12H2,1-5H3,(H2,21,22,23);1H. The second-order valence-corrected chi connectivity index (χ2v) is 6.70. The number of nitrogens with one attached hydrogen (secondary N) is 2. The van der Waals surface area contributed by atoms with E-state index < -0.39 is 0 Å². The minimum absolute atomic E-state index is 0. The van der Waals surface area contributed by atoms with Gasteiger partial charge in [-0.25, -0.2) is 0 Å². The fourth-order valence-corrected chi connectivity index (χ4v) is 3.03. The molecule has 1 unspecified atom stereocenters. The molecule has 7 heteroatoms. The van der Waals surface area contributed by atoms with Crippen LogP contribution >= 0.6 is 24.0 Å². The van der Waals surface area contributed by atoms with Crippen LogP contribution in [0.1, 0.15) is 36.4 Å². The van der Waals surface area contributed by atoms with Crippen LogP contribution in [0.25, 0.3) is 0 Å². The van der Waals surface area contributed by atoms with Gasteiger partial charge in [-0.05, 0) is 63.8 Å². The van der Waals surface area contributed by atoms with E-state index in [0.717, 1.165) is 36.6 Å². The Morgan fingerprint density at radius 1 is 1.33 bits per heavy atom. The van der Waals surface area contributed by atoms with Crippen LogP contribution in [0.5, 0.6) is 5.75 Å². The van der Waals surface area contributed by atoms with Crippen LogP contribution in [0.2, 0.25) is 0 Å². The molecule has 0 radical (unpaired) electrons. The Hall–Kier alpha value is -1.77. The van der Waals surface area contributed by atoms with E-state index in [0.29, 0.717) is 12.3 Å². The average molecular weight is 485 g/mol. The number of hydrogen-bond acceptors (Lipinski definition) is 3. The zero-order valence-electron chi connectivity index (χ0n) is 16.9. The highest BCUT2D eigenvalue weighted by Crippen LogP contribution is 2.14. The molecule has 0 bridgehead atoms. The van der Waals surface area contributed by atoms with E-state index in [9.17, 15) is 5.11 Å². The maximum atomic E-state index is 9.54. The molecule has 1 aromatic heterocycles. The van der Waals surface area contributed by atoms with Gasteiger partial charge in [0.2, 0.25) is 0 Å². The minimum Gasteiger partial charge on any atom is -0.508 e. The third kappa shape index (κ3) is 7.04. The number of aromatic hydroxyl groups is 1. The molecule has 0 aliphatic heterocycles. The SMILES string of the molecule is CCNC(=NCCc1cccc(O)c1)NC(C)Cc1c(C)nn(C)c1C.I. The summed E-state index contributed by atoms with van der Waals surface area (Å²) in [5, 5.41) is 20.8. The van der Waals surface area contributed by atoms with Crippen molar-refractivity contribution in [2.24, 2.45) is 12.0 Å². The van der Waals surface area contributed by atoms with Gasteiger partial charge in [0.25, 0.3) is 0 Å². The van der Waals surface area contributed by atoms with E-state index >= 15 is 0 Å². The van der Waals surface area contributed by atoms with Gasteiger partial charge in [0, 0.05) is 31.9 Å². The van der Waals surface area contributed by atoms with Gasteiger partial charge in [0.05, 0.1) is 5.69 Å². The van der Waals surface area contributed by atoms with Gasteiger partial charge >= 0.3 is 0 Å². The molecular formula is C20H32IN5O. The summed E-state index contributed by atoms with van der Waals surface area (Å²) in [6, 6.07) is 7.58. The summed E-state index contributed by atoms with van der Waals surface area (Å²) in [5.41, 5.74) is 4.67. The Morgan fingerprint density at radius 3 is 2.67 bits per heavy atom. The summed E-state index contributed by atoms with van der Waals surface area (Å²) >= 11 is 0. The Bertz CT molecular complexity index is 757. The zero-order valence-corrected chi connectivity index (χ0v) is 19.2. The van der Waals surface area contributed by atoms with Crippen molar-refractivity contribution < 1.29 is 5.11 Å². The summed E-state index contributed by atoms with van der Waals surface area (Å²) in [4.78, 5) is 4.66. The number of rotatable bonds is 7. The van der Waals surface area contributed by atoms with Gasteiger partial charge in [0.15, 0.2) is 5.96 Å². The Labute approximate surface area is 179 Å². The number of aryl methyl sites for hydroxylation is 2. The molecule has 27 heavy (non-hydrogen) atoms. The van der Waals surface area contributed by atoms with Gasteiger partial charge in [-0.1, -0.05) is 12.1 Å². The number of benzene rings is 1. The van der Waals surface area contributed by atoms with E-state index in [1.807, 2.05) is 23.9 Å². The number of aliphatic imine (C=N–C) groups is 1. The smallest absolute Gasteiger partial charge is 0.191 e. The molecule has 2 aromatic rings. The molecule has 0 amide bonds. The molecule has 6 nitrogen and oxygen atoms in total. The van der Waals surface area contributed by atoms with E-state index in [-0.39, 0.29) is 30.0 Å². The minimum atomic E-state index is 0. The lowest BCUT2D eigenvalue weighted by atomic mass is 10.1. The fraction of sp³-hybridized carbons (Fsp3) is 0.500. The summed E-state index contributed by atoms with van der Waals surface area (Å²) in [6.07, 6.45) is 1.70. The first kappa shape index (κ1) is 23.3. The van der Waals surface area contributed by atoms with Crippen molar-refractivity contribution in [2.75, 3.05) is 13.1 Å². The van der Waals surface area contributed by atoms with Gasteiger partial charge in [-0.15, -0.1) is 24.0 Å². The fourth-order valence-electron chi connectivity index (χ4n) is 3.03. The predicted molar refractivity (Wildman–Crippen MR) is 122 cm³/mol. The third-order valence-corrected chi connectivity index (χ3v) is 4.48. The van der Waals surface area contributed by atoms with E-state index in [4.69, 9.17) is 0 Å². The maximum absolute atomic E-state index is 9.54. The van der Waals surface area contributed by atoms with Crippen LogP contribution < -0.4 is 10.6 Å². The maximum Gasteiger partial charge on any atom is 0.191 e. The van der Waals surface area contributed by atoms with Gasteiger partial charge in [-0.2, -0.15) is 5.10 Å². The molecule has 0 saturated carbocycles. The predicted octanol–water partition coefficient (Wildman–Crippen LogP) is 3.09. The van der Waals surface area contributed by atoms with Gasteiger partial charge < -0.3 is 15.7 Å². The third-order valence-electron chi connectivity index (χ3n) is 4.48. The molecule has 0 fully saturated rings. The quantitative estimate of drug-likeness (QED) is 0.320. The lowest BCUT2D eigenvalue weighted by Crippen LogP contribution is -2.43. The lowest BCUT2D eigenvalue weighted by molar-refractivity contribution is 0.474. The monoisotopic (exact) mass is 485 g/mol. The molecule has 2 rings (SSSR count). The highest BCUT2D eigenvalue weighted by Gasteiger charge is 2.13. The summed E-state index contributed by atoms with van der Waals surface area (Å²) < 4.78 is 1.94. The first-order chi connectivity index (χ1) is 12.4. The number of aromatic nitrogens is 2. The van der Waals surface area contributed by atoms with Crippen LogP contribution in [0.3, 0.4) is 0 Å². The summed E-state index contributed by atoms with van der Waals surface area (Å²) in [5.74, 6) is 1.12. The van der Waals surface area contributed by atoms with Crippen LogP contribution in [0, 0.1) is 13.8 Å². The number of phenolic OH excluding ortho intramolecular Hbond substituents is 1. The topological polar surface area (TPSA) is 74.5 Å². The lowest BCUT2D eigenvalue weighted by Gasteiger charge is -2.18. The molecule has 150 valence electrons. The Balaban J connectivity index is 0.00000364. The second kappa shape index (κ2) is 11.2. The molecule has 0 saturated heterocycles. The molecule has 0 aliphatic rings. The van der Waals surface area contributed by atoms with Crippen molar-refractivity contribution in [3.63, 3.8) is 0 Å². The van der Waals surface area contributed by atoms with Crippen LogP contribution in [0.15, 0.2) is 29.3 Å². The molecule has 1 atom stereocenters. The van der Waals surface area contributed by atoms with Gasteiger partial charge in [0.1, 0.15) is 5.75 Å². The van der Waals surface area contributed by atoms with Crippen LogP contribution in [-0.2, 0) is 19.9 Å². The Kier molecular flexibility index (Phi) is 9.62. The normalized spacial score (nSPS) is 12.4. The van der Waals surface area contributed by atoms with E-state index in [1.165, 1.54) is 11.3 Å². The number of hydrogen-bond donors (Lipinski definition) is 3.